The SMILES string of the molecule is CSc1cc(C)[nH]c(=O)c1CNC(=O)c1cc(-c2ccc(N3CC(C)OC(C)C3)nc2)c2c(c1C)OC(C)(C1CCN(CCc3ccccc3)CC1)O2. The number of anilines is 1. The number of nitrogens with zero attached hydrogens (tertiary/aromatic N) is 3. The number of hydrogen-bond donors (Lipinski definition) is 2. The summed E-state index contributed by atoms with van der Waals surface area (Å²) in [6.07, 6.45) is 6.92. The molecule has 0 bridgehead atoms. The van der Waals surface area contributed by atoms with Gasteiger partial charge in [-0.15, -0.1) is 11.8 Å². The Morgan fingerprint density at radius 2 is 1.74 bits per heavy atom. The summed E-state index contributed by atoms with van der Waals surface area (Å²) in [6.45, 7) is 14.6. The molecule has 2 aromatic heterocycles. The first kappa shape index (κ1) is 37.0. The number of benzene rings is 2. The molecule has 10 nitrogen and oxygen atoms in total. The molecule has 0 spiro atoms. The zero-order valence-electron chi connectivity index (χ0n) is 31.7. The molecule has 11 heteroatoms. The van der Waals surface area contributed by atoms with E-state index in [1.807, 2.05) is 57.5 Å². The monoisotopic (exact) mass is 737 g/mol. The predicted octanol–water partition coefficient (Wildman–Crippen LogP) is 6.76. The minimum Gasteiger partial charge on any atom is -0.448 e. The van der Waals surface area contributed by atoms with Crippen LogP contribution in [0.5, 0.6) is 11.5 Å². The number of pyridine rings is 2. The van der Waals surface area contributed by atoms with Crippen LogP contribution in [0, 0.1) is 19.8 Å². The van der Waals surface area contributed by atoms with Gasteiger partial charge in [0.2, 0.25) is 0 Å². The summed E-state index contributed by atoms with van der Waals surface area (Å²) in [4.78, 5) is 40.3. The fourth-order valence-corrected chi connectivity index (χ4v) is 8.72. The lowest BCUT2D eigenvalue weighted by Gasteiger charge is -2.39. The number of aryl methyl sites for hydroxylation is 1. The first-order chi connectivity index (χ1) is 25.5. The number of carbonyl (C=O) groups is 1. The lowest BCUT2D eigenvalue weighted by atomic mass is 9.89. The maximum atomic E-state index is 14.0. The fraction of sp³-hybridized carbons (Fsp3) is 0.452. The van der Waals surface area contributed by atoms with Crippen molar-refractivity contribution in [2.24, 2.45) is 5.92 Å². The Labute approximate surface area is 316 Å². The number of thioether (sulfide) groups is 1. The number of ether oxygens (including phenoxy) is 3. The van der Waals surface area contributed by atoms with Gasteiger partial charge >= 0.3 is 0 Å². The minimum atomic E-state index is -0.891. The maximum Gasteiger partial charge on any atom is 0.254 e. The molecular formula is C42H51N5O5S. The van der Waals surface area contributed by atoms with Crippen molar-refractivity contribution in [2.45, 2.75) is 83.3 Å². The number of H-pyrrole nitrogens is 1. The van der Waals surface area contributed by atoms with Crippen LogP contribution in [0.4, 0.5) is 5.82 Å². The molecule has 0 saturated carbocycles. The molecule has 3 unspecified atom stereocenters. The van der Waals surface area contributed by atoms with E-state index in [1.165, 1.54) is 17.3 Å². The smallest absolute Gasteiger partial charge is 0.254 e. The Morgan fingerprint density at radius 3 is 2.42 bits per heavy atom. The van der Waals surface area contributed by atoms with Crippen molar-refractivity contribution >= 4 is 23.5 Å². The third kappa shape index (κ3) is 7.98. The van der Waals surface area contributed by atoms with E-state index in [4.69, 9.17) is 19.2 Å². The number of aromatic nitrogens is 2. The van der Waals surface area contributed by atoms with E-state index < -0.39 is 5.79 Å². The average molecular weight is 738 g/mol. The Morgan fingerprint density at radius 1 is 1.02 bits per heavy atom. The summed E-state index contributed by atoms with van der Waals surface area (Å²) in [5, 5.41) is 3.03. The summed E-state index contributed by atoms with van der Waals surface area (Å²) in [5.41, 5.74) is 5.22. The highest BCUT2D eigenvalue weighted by atomic mass is 32.2. The normalized spacial score (nSPS) is 21.9. The van der Waals surface area contributed by atoms with Crippen LogP contribution < -0.4 is 25.2 Å². The summed E-state index contributed by atoms with van der Waals surface area (Å²) >= 11 is 1.49. The number of piperidine rings is 1. The minimum absolute atomic E-state index is 0.0983. The van der Waals surface area contributed by atoms with Gasteiger partial charge in [-0.05, 0) is 96.1 Å². The van der Waals surface area contributed by atoms with Crippen LogP contribution in [-0.2, 0) is 17.7 Å². The Hall–Kier alpha value is -4.32. The Bertz CT molecular complexity index is 1990. The van der Waals surface area contributed by atoms with E-state index in [0.717, 1.165) is 79.5 Å². The van der Waals surface area contributed by atoms with Crippen molar-refractivity contribution in [3.05, 3.63) is 99.1 Å². The van der Waals surface area contributed by atoms with Crippen LogP contribution in [0.15, 0.2) is 70.5 Å². The predicted molar refractivity (Wildman–Crippen MR) is 210 cm³/mol. The second-order valence-corrected chi connectivity index (χ2v) is 15.8. The van der Waals surface area contributed by atoms with Crippen molar-refractivity contribution < 1.29 is 19.0 Å². The third-order valence-electron chi connectivity index (χ3n) is 10.9. The van der Waals surface area contributed by atoms with E-state index in [9.17, 15) is 9.59 Å². The quantitative estimate of drug-likeness (QED) is 0.171. The number of hydrogen-bond acceptors (Lipinski definition) is 9. The molecule has 53 heavy (non-hydrogen) atoms. The zero-order valence-corrected chi connectivity index (χ0v) is 32.5. The van der Waals surface area contributed by atoms with E-state index in [2.05, 4.69) is 64.3 Å². The van der Waals surface area contributed by atoms with Crippen molar-refractivity contribution in [1.29, 1.82) is 0 Å². The second-order valence-electron chi connectivity index (χ2n) is 14.9. The van der Waals surface area contributed by atoms with Crippen LogP contribution in [0.3, 0.4) is 0 Å². The van der Waals surface area contributed by atoms with Gasteiger partial charge in [0.25, 0.3) is 17.3 Å². The number of morpholine rings is 1. The summed E-state index contributed by atoms with van der Waals surface area (Å²) in [6, 6.07) is 18.5. The van der Waals surface area contributed by atoms with Gasteiger partial charge in [0.1, 0.15) is 5.82 Å². The van der Waals surface area contributed by atoms with Gasteiger partial charge in [0, 0.05) is 83.6 Å². The lowest BCUT2D eigenvalue weighted by Crippen LogP contribution is -2.48. The number of amides is 1. The fourth-order valence-electron chi connectivity index (χ4n) is 8.01. The highest BCUT2D eigenvalue weighted by Gasteiger charge is 2.47. The van der Waals surface area contributed by atoms with Gasteiger partial charge in [0.05, 0.1) is 12.2 Å². The molecular weight excluding hydrogens is 687 g/mol. The van der Waals surface area contributed by atoms with Crippen LogP contribution in [-0.4, -0.2) is 77.7 Å². The first-order valence-electron chi connectivity index (χ1n) is 18.7. The van der Waals surface area contributed by atoms with Gasteiger partial charge < -0.3 is 34.3 Å². The zero-order chi connectivity index (χ0) is 37.3. The average Bonchev–Trinajstić information content (AvgIpc) is 3.52. The summed E-state index contributed by atoms with van der Waals surface area (Å²) < 4.78 is 19.7. The van der Waals surface area contributed by atoms with Crippen molar-refractivity contribution in [3.63, 3.8) is 0 Å². The van der Waals surface area contributed by atoms with Gasteiger partial charge in [-0.25, -0.2) is 4.98 Å². The van der Waals surface area contributed by atoms with E-state index in [0.29, 0.717) is 28.2 Å². The number of aromatic amines is 1. The van der Waals surface area contributed by atoms with Crippen molar-refractivity contribution in [2.75, 3.05) is 43.9 Å². The summed E-state index contributed by atoms with van der Waals surface area (Å²) in [7, 11) is 0. The van der Waals surface area contributed by atoms with Crippen LogP contribution >= 0.6 is 11.8 Å². The lowest BCUT2D eigenvalue weighted by molar-refractivity contribution is -0.124. The van der Waals surface area contributed by atoms with E-state index >= 15 is 0 Å². The molecule has 1 amide bonds. The summed E-state index contributed by atoms with van der Waals surface area (Å²) in [5.74, 6) is 1.08. The molecule has 5 heterocycles. The van der Waals surface area contributed by atoms with E-state index in [1.54, 1.807) is 0 Å². The van der Waals surface area contributed by atoms with Crippen molar-refractivity contribution in [3.8, 4) is 22.6 Å². The number of fused-ring (bicyclic) bond motifs is 1. The molecule has 280 valence electrons. The van der Waals surface area contributed by atoms with Crippen LogP contribution in [0.25, 0.3) is 11.1 Å². The number of likely N-dealkylation sites (tertiary alicyclic amines) is 1. The first-order valence-corrected chi connectivity index (χ1v) is 20.0. The maximum absolute atomic E-state index is 14.0. The van der Waals surface area contributed by atoms with Gasteiger partial charge in [0.15, 0.2) is 11.5 Å². The Balaban J connectivity index is 1.15. The molecule has 4 aromatic rings. The van der Waals surface area contributed by atoms with Crippen LogP contribution in [0.1, 0.15) is 66.4 Å². The van der Waals surface area contributed by atoms with Gasteiger partial charge in [-0.1, -0.05) is 30.3 Å². The standard InChI is InChI=1S/C42H51N5O5S/c1-26-20-36(53-6)35(41(49)45-26)23-44-40(48)33-21-34(31-12-13-37(43-22-31)47-24-27(2)50-28(3)25-47)39-38(29(33)4)51-42(5,52-39)32-15-18-46(19-16-32)17-14-30-10-8-7-9-11-30/h7-13,20-22,27-28,32H,14-19,23-25H2,1-6H3,(H,44,48)(H,45,49). The molecule has 3 aliphatic rings. The molecule has 0 radical (unpaired) electrons. The number of nitrogens with one attached hydrogen (secondary N) is 2. The topological polar surface area (TPSA) is 109 Å². The molecule has 3 atom stereocenters. The largest absolute Gasteiger partial charge is 0.448 e. The number of carbonyl (C=O) groups excluding carboxylic acids is 1. The van der Waals surface area contributed by atoms with Gasteiger partial charge in [-0.2, -0.15) is 0 Å². The molecule has 0 aliphatic carbocycles. The van der Waals surface area contributed by atoms with Crippen molar-refractivity contribution in [1.82, 2.24) is 20.2 Å². The molecule has 2 aromatic carbocycles. The highest BCUT2D eigenvalue weighted by molar-refractivity contribution is 7.98. The second kappa shape index (κ2) is 15.6. The molecule has 7 rings (SSSR count). The van der Waals surface area contributed by atoms with Gasteiger partial charge in [-0.3, -0.25) is 9.59 Å². The molecule has 2 saturated heterocycles. The molecule has 3 aliphatic heterocycles. The molecule has 2 fully saturated rings. The molecule has 2 N–H and O–H groups in total. The third-order valence-corrected chi connectivity index (χ3v) is 11.7. The number of rotatable bonds is 10. The van der Waals surface area contributed by atoms with E-state index in [-0.39, 0.29) is 36.1 Å². The Kier molecular flexibility index (Phi) is 10.9. The van der Waals surface area contributed by atoms with Crippen LogP contribution in [0.2, 0.25) is 0 Å². The highest BCUT2D eigenvalue weighted by Crippen LogP contribution is 2.52.